The summed E-state index contributed by atoms with van der Waals surface area (Å²) in [4.78, 5) is 27.4. The Kier molecular flexibility index (Phi) is 9.57. The summed E-state index contributed by atoms with van der Waals surface area (Å²) in [5.74, 6) is -0.344. The first-order valence-electron chi connectivity index (χ1n) is 10.4. The van der Waals surface area contributed by atoms with E-state index in [0.29, 0.717) is 11.4 Å². The Morgan fingerprint density at radius 2 is 1.76 bits per heavy atom. The number of hydrogen-bond donors (Lipinski definition) is 1. The van der Waals surface area contributed by atoms with Gasteiger partial charge in [0.25, 0.3) is 11.8 Å². The van der Waals surface area contributed by atoms with Crippen LogP contribution in [-0.2, 0) is 9.59 Å². The van der Waals surface area contributed by atoms with Crippen molar-refractivity contribution in [2.45, 2.75) is 20.8 Å². The molecule has 6 nitrogen and oxygen atoms in total. The Morgan fingerprint density at radius 1 is 1.09 bits per heavy atom. The molecule has 0 fully saturated rings. The van der Waals surface area contributed by atoms with Gasteiger partial charge in [-0.1, -0.05) is 36.5 Å². The van der Waals surface area contributed by atoms with E-state index in [0.717, 1.165) is 22.4 Å². The van der Waals surface area contributed by atoms with Crippen LogP contribution in [0.25, 0.3) is 12.3 Å². The van der Waals surface area contributed by atoms with Gasteiger partial charge in [0, 0.05) is 30.3 Å². The maximum atomic E-state index is 13.3. The van der Waals surface area contributed by atoms with E-state index in [1.54, 1.807) is 44.5 Å². The summed E-state index contributed by atoms with van der Waals surface area (Å²) in [6, 6.07) is 8.95. The number of aromatic nitrogens is 1. The average molecular weight is 464 g/mol. The number of nitrogens with one attached hydrogen (secondary N) is 1. The van der Waals surface area contributed by atoms with Gasteiger partial charge < -0.3 is 19.5 Å². The molecular formula is C26H29N3O3S. The minimum absolute atomic E-state index is 0.0216. The first-order valence-corrected chi connectivity index (χ1v) is 10.8. The third-order valence-electron chi connectivity index (χ3n) is 5.01. The van der Waals surface area contributed by atoms with E-state index >= 15 is 0 Å². The number of rotatable bonds is 9. The minimum atomic E-state index is -0.565. The van der Waals surface area contributed by atoms with Crippen molar-refractivity contribution in [3.05, 3.63) is 83.2 Å². The second-order valence-electron chi connectivity index (χ2n) is 7.16. The molecular weight excluding hydrogens is 434 g/mol. The zero-order valence-electron chi connectivity index (χ0n) is 19.5. The molecule has 0 bridgehead atoms. The number of thiocarbonyl (C=S) groups is 1. The van der Waals surface area contributed by atoms with Gasteiger partial charge in [-0.25, -0.2) is 0 Å². The Labute approximate surface area is 200 Å². The first kappa shape index (κ1) is 25.5. The number of nitrogens with zero attached hydrogens (tertiary/aromatic N) is 2. The normalized spacial score (nSPS) is 12.0. The van der Waals surface area contributed by atoms with Gasteiger partial charge in [0.15, 0.2) is 0 Å². The number of carbonyl (C=O) groups is 2. The number of ether oxygens (including phenoxy) is 1. The third-order valence-corrected chi connectivity index (χ3v) is 5.13. The molecule has 0 atom stereocenters. The van der Waals surface area contributed by atoms with Crippen LogP contribution in [-0.4, -0.2) is 36.0 Å². The van der Waals surface area contributed by atoms with Crippen molar-refractivity contribution in [1.29, 1.82) is 0 Å². The lowest BCUT2D eigenvalue weighted by Gasteiger charge is -2.19. The molecule has 1 aromatic heterocycles. The highest BCUT2D eigenvalue weighted by Gasteiger charge is 2.23. The van der Waals surface area contributed by atoms with Crippen LogP contribution >= 0.6 is 12.2 Å². The second-order valence-corrected chi connectivity index (χ2v) is 7.40. The lowest BCUT2D eigenvalue weighted by molar-refractivity contribution is -0.121. The van der Waals surface area contributed by atoms with E-state index < -0.39 is 11.8 Å². The Balaban J connectivity index is 2.44. The molecule has 1 heterocycles. The molecule has 2 amide bonds. The molecule has 172 valence electrons. The quantitative estimate of drug-likeness (QED) is 0.190. The number of methoxy groups -OCH3 is 1. The highest BCUT2D eigenvalue weighted by molar-refractivity contribution is 7.78. The summed E-state index contributed by atoms with van der Waals surface area (Å²) in [5.41, 5.74) is 4.34. The SMILES string of the molecule is C\C=C/C=C\C=C\n1c(C)cc(/C=C(\C(=O)NC=S)C(=O)N(C)c2ccc(OC)cc2)c1C. The molecule has 0 spiro atoms. The molecule has 0 aliphatic heterocycles. The predicted octanol–water partition coefficient (Wildman–Crippen LogP) is 4.84. The summed E-state index contributed by atoms with van der Waals surface area (Å²) >= 11 is 4.77. The Hall–Kier alpha value is -3.71. The molecule has 0 aliphatic rings. The van der Waals surface area contributed by atoms with Crippen molar-refractivity contribution < 1.29 is 14.3 Å². The summed E-state index contributed by atoms with van der Waals surface area (Å²) in [7, 11) is 3.19. The third kappa shape index (κ3) is 6.63. The maximum absolute atomic E-state index is 13.3. The second kappa shape index (κ2) is 12.4. The van der Waals surface area contributed by atoms with Crippen LogP contribution in [0, 0.1) is 13.8 Å². The molecule has 2 rings (SSSR count). The number of anilines is 1. The zero-order chi connectivity index (χ0) is 24.4. The highest BCUT2D eigenvalue weighted by atomic mass is 32.1. The van der Waals surface area contributed by atoms with Crippen LogP contribution in [0.3, 0.4) is 0 Å². The minimum Gasteiger partial charge on any atom is -0.497 e. The highest BCUT2D eigenvalue weighted by Crippen LogP contribution is 2.23. The van der Waals surface area contributed by atoms with E-state index in [1.807, 2.05) is 68.0 Å². The van der Waals surface area contributed by atoms with Crippen LogP contribution in [0.2, 0.25) is 0 Å². The molecule has 1 N–H and O–H groups in total. The molecule has 2 aromatic rings. The Morgan fingerprint density at radius 3 is 2.36 bits per heavy atom. The number of carbonyl (C=O) groups excluding carboxylic acids is 2. The smallest absolute Gasteiger partial charge is 0.263 e. The van der Waals surface area contributed by atoms with Gasteiger partial charge in [-0.05, 0) is 68.8 Å². The lowest BCUT2D eigenvalue weighted by atomic mass is 10.1. The molecule has 0 saturated carbocycles. The molecule has 1 aromatic carbocycles. The average Bonchev–Trinajstić information content (AvgIpc) is 3.08. The standard InChI is InChI=1S/C26H29N3O3S/c1-6-7-8-9-10-15-29-19(2)16-21(20(29)3)17-24(25(30)27-18-33)26(31)28(4)22-11-13-23(32-5)14-12-22/h6-18H,1-5H3,(H,27,30,33)/b7-6-,9-8-,15-10+,24-17+. The van der Waals surface area contributed by atoms with Crippen LogP contribution in [0.15, 0.2) is 66.3 Å². The number of aryl methyl sites for hydroxylation is 1. The number of allylic oxidation sites excluding steroid dienone is 5. The fourth-order valence-electron chi connectivity index (χ4n) is 3.17. The van der Waals surface area contributed by atoms with E-state index in [-0.39, 0.29) is 5.57 Å². The summed E-state index contributed by atoms with van der Waals surface area (Å²) in [5, 5.41) is 2.44. The van der Waals surface area contributed by atoms with Gasteiger partial charge in [0.05, 0.1) is 12.6 Å². The van der Waals surface area contributed by atoms with Crippen molar-refractivity contribution in [3.63, 3.8) is 0 Å². The molecule has 0 radical (unpaired) electrons. The topological polar surface area (TPSA) is 63.6 Å². The maximum Gasteiger partial charge on any atom is 0.263 e. The van der Waals surface area contributed by atoms with Gasteiger partial charge in [-0.2, -0.15) is 0 Å². The van der Waals surface area contributed by atoms with Crippen LogP contribution in [0.5, 0.6) is 5.75 Å². The van der Waals surface area contributed by atoms with Gasteiger partial charge in [0.1, 0.15) is 11.3 Å². The largest absolute Gasteiger partial charge is 0.497 e. The molecule has 0 aliphatic carbocycles. The van der Waals surface area contributed by atoms with E-state index in [2.05, 4.69) is 5.32 Å². The number of amides is 2. The van der Waals surface area contributed by atoms with Crippen LogP contribution in [0.1, 0.15) is 23.9 Å². The van der Waals surface area contributed by atoms with Crippen molar-refractivity contribution in [1.82, 2.24) is 9.88 Å². The van der Waals surface area contributed by atoms with Crippen molar-refractivity contribution in [2.24, 2.45) is 0 Å². The number of hydrogen-bond acceptors (Lipinski definition) is 4. The molecule has 7 heteroatoms. The fourth-order valence-corrected chi connectivity index (χ4v) is 3.28. The number of likely N-dealkylation sites (N-methyl/N-ethyl adjacent to an activating group) is 1. The zero-order valence-corrected chi connectivity index (χ0v) is 20.3. The van der Waals surface area contributed by atoms with E-state index in [9.17, 15) is 9.59 Å². The lowest BCUT2D eigenvalue weighted by Crippen LogP contribution is -2.35. The van der Waals surface area contributed by atoms with E-state index in [1.165, 1.54) is 4.90 Å². The van der Waals surface area contributed by atoms with Crippen LogP contribution in [0.4, 0.5) is 5.69 Å². The van der Waals surface area contributed by atoms with Gasteiger partial charge >= 0.3 is 0 Å². The predicted molar refractivity (Wildman–Crippen MR) is 139 cm³/mol. The van der Waals surface area contributed by atoms with Gasteiger partial charge in [0.2, 0.25) is 0 Å². The van der Waals surface area contributed by atoms with Crippen molar-refractivity contribution >= 4 is 47.5 Å². The van der Waals surface area contributed by atoms with Gasteiger partial charge in [-0.3, -0.25) is 9.59 Å². The molecule has 33 heavy (non-hydrogen) atoms. The summed E-state index contributed by atoms with van der Waals surface area (Å²) in [6.45, 7) is 5.86. The van der Waals surface area contributed by atoms with Crippen LogP contribution < -0.4 is 15.0 Å². The van der Waals surface area contributed by atoms with Crippen molar-refractivity contribution in [3.8, 4) is 5.75 Å². The molecule has 0 unspecified atom stereocenters. The monoisotopic (exact) mass is 463 g/mol. The number of benzene rings is 1. The van der Waals surface area contributed by atoms with Crippen molar-refractivity contribution in [2.75, 3.05) is 19.1 Å². The summed E-state index contributed by atoms with van der Waals surface area (Å²) in [6.07, 6.45) is 13.2. The van der Waals surface area contributed by atoms with E-state index in [4.69, 9.17) is 17.0 Å². The van der Waals surface area contributed by atoms with Gasteiger partial charge in [-0.15, -0.1) is 0 Å². The first-order chi connectivity index (χ1) is 15.8. The Bertz CT molecular complexity index is 1120. The fraction of sp³-hybridized carbons (Fsp3) is 0.192. The summed E-state index contributed by atoms with van der Waals surface area (Å²) < 4.78 is 7.17. The molecule has 0 saturated heterocycles.